The first-order valence-electron chi connectivity index (χ1n) is 10.6. The van der Waals surface area contributed by atoms with E-state index in [1.165, 1.54) is 29.0 Å². The number of nitrogens with zero attached hydrogens (tertiary/aromatic N) is 4. The lowest BCUT2D eigenvalue weighted by Gasteiger charge is -2.39. The minimum atomic E-state index is -4.94. The number of non-ortho nitro benzene ring substituents is 1. The van der Waals surface area contributed by atoms with Gasteiger partial charge in [0.05, 0.1) is 10.4 Å². The second-order valence-corrected chi connectivity index (χ2v) is 8.55. The molecule has 0 amide bonds. The minimum absolute atomic E-state index is 0.144. The smallest absolute Gasteiger partial charge is 0.375 e. The van der Waals surface area contributed by atoms with Gasteiger partial charge in [-0.1, -0.05) is 30.3 Å². The van der Waals surface area contributed by atoms with Crippen LogP contribution >= 0.6 is 0 Å². The van der Waals surface area contributed by atoms with Crippen molar-refractivity contribution in [2.24, 2.45) is 0 Å². The summed E-state index contributed by atoms with van der Waals surface area (Å²) in [6, 6.07) is 12.8. The molecule has 1 aliphatic rings. The fourth-order valence-electron chi connectivity index (χ4n) is 4.29. The number of hydrogen-bond acceptors (Lipinski definition) is 5. The van der Waals surface area contributed by atoms with Crippen molar-refractivity contribution in [2.75, 3.05) is 39.8 Å². The van der Waals surface area contributed by atoms with Crippen molar-refractivity contribution in [1.29, 1.82) is 0 Å². The summed E-state index contributed by atoms with van der Waals surface area (Å²) in [6.45, 7) is 1.63. The van der Waals surface area contributed by atoms with Gasteiger partial charge >= 0.3 is 6.18 Å². The Hall–Kier alpha value is -2.95. The molecule has 7 nitrogen and oxygen atoms in total. The minimum Gasteiger partial charge on any atom is -0.375 e. The summed E-state index contributed by atoms with van der Waals surface area (Å²) in [6.07, 6.45) is -3.66. The van der Waals surface area contributed by atoms with E-state index in [2.05, 4.69) is 0 Å². The van der Waals surface area contributed by atoms with Gasteiger partial charge in [-0.05, 0) is 18.7 Å². The number of piperazine rings is 1. The van der Waals surface area contributed by atoms with Gasteiger partial charge in [-0.15, -0.1) is 0 Å². The van der Waals surface area contributed by atoms with Gasteiger partial charge in [0.1, 0.15) is 0 Å². The van der Waals surface area contributed by atoms with Crippen molar-refractivity contribution >= 4 is 16.6 Å². The summed E-state index contributed by atoms with van der Waals surface area (Å²) in [5.41, 5.74) is -2.56. The van der Waals surface area contributed by atoms with Gasteiger partial charge in [0.15, 0.2) is 0 Å². The molecule has 2 heterocycles. The summed E-state index contributed by atoms with van der Waals surface area (Å²) < 4.78 is 44.7. The number of halogens is 3. The molecule has 1 aromatic heterocycles. The maximum Gasteiger partial charge on any atom is 0.422 e. The normalized spacial score (nSPS) is 17.8. The molecule has 1 atom stereocenters. The highest BCUT2D eigenvalue weighted by Crippen LogP contribution is 2.44. The van der Waals surface area contributed by atoms with Crippen molar-refractivity contribution in [2.45, 2.75) is 18.3 Å². The van der Waals surface area contributed by atoms with Crippen molar-refractivity contribution < 1.29 is 23.2 Å². The largest absolute Gasteiger partial charge is 0.422 e. The van der Waals surface area contributed by atoms with Crippen LogP contribution in [-0.4, -0.2) is 70.3 Å². The van der Waals surface area contributed by atoms with Crippen LogP contribution in [0.5, 0.6) is 0 Å². The van der Waals surface area contributed by atoms with Gasteiger partial charge < -0.3 is 14.6 Å². The Morgan fingerprint density at radius 2 is 1.73 bits per heavy atom. The van der Waals surface area contributed by atoms with Gasteiger partial charge in [0.25, 0.3) is 5.69 Å². The monoisotopic (exact) mass is 462 g/mol. The molecule has 0 bridgehead atoms. The highest BCUT2D eigenvalue weighted by molar-refractivity contribution is 5.87. The number of nitro benzene ring substituents is 1. The molecule has 10 heteroatoms. The van der Waals surface area contributed by atoms with Crippen molar-refractivity contribution in [3.8, 4) is 0 Å². The molecule has 33 heavy (non-hydrogen) atoms. The fourth-order valence-corrected chi connectivity index (χ4v) is 4.29. The topological polar surface area (TPSA) is 74.8 Å². The Kier molecular flexibility index (Phi) is 6.17. The Labute approximate surface area is 188 Å². The van der Waals surface area contributed by atoms with Crippen LogP contribution in [0.4, 0.5) is 18.9 Å². The Balaban J connectivity index is 1.83. The van der Waals surface area contributed by atoms with E-state index in [9.17, 15) is 28.4 Å². The first-order valence-corrected chi connectivity index (χ1v) is 10.6. The van der Waals surface area contributed by atoms with Crippen LogP contribution in [0.25, 0.3) is 10.9 Å². The lowest BCUT2D eigenvalue weighted by Crippen LogP contribution is -2.55. The molecule has 1 N–H and O–H groups in total. The van der Waals surface area contributed by atoms with Gasteiger partial charge in [0, 0.05) is 68.5 Å². The lowest BCUT2D eigenvalue weighted by molar-refractivity contribution is -0.384. The zero-order chi connectivity index (χ0) is 23.8. The van der Waals surface area contributed by atoms with Gasteiger partial charge in [0.2, 0.25) is 5.60 Å². The highest BCUT2D eigenvalue weighted by Gasteiger charge is 2.57. The molecular weight excluding hydrogens is 437 g/mol. The maximum absolute atomic E-state index is 14.4. The maximum atomic E-state index is 14.4. The van der Waals surface area contributed by atoms with Crippen LogP contribution in [0.1, 0.15) is 11.1 Å². The molecule has 1 fully saturated rings. The average molecular weight is 462 g/mol. The number of likely N-dealkylation sites (N-methyl/N-ethyl adjacent to an activating group) is 1. The number of benzene rings is 2. The lowest BCUT2D eigenvalue weighted by atomic mass is 9.91. The molecule has 176 valence electrons. The van der Waals surface area contributed by atoms with E-state index in [0.717, 1.165) is 5.56 Å². The number of aliphatic hydroxyl groups is 1. The van der Waals surface area contributed by atoms with Gasteiger partial charge in [-0.3, -0.25) is 15.0 Å². The van der Waals surface area contributed by atoms with E-state index in [-0.39, 0.29) is 28.7 Å². The van der Waals surface area contributed by atoms with Gasteiger partial charge in [-0.2, -0.15) is 13.2 Å². The number of aromatic nitrogens is 1. The molecule has 4 rings (SSSR count). The molecule has 0 saturated carbocycles. The standard InChI is InChI=1S/C23H25F3N4O3/c1-27-9-11-28(12-10-27)16-22(31,23(24,25)26)20-15-29(14-17-5-3-2-4-6-17)21-13-18(30(32)33)7-8-19(20)21/h2-8,13,15,31H,9-12,14,16H2,1H3. The van der Waals surface area contributed by atoms with E-state index in [1.807, 2.05) is 42.3 Å². The average Bonchev–Trinajstić information content (AvgIpc) is 3.13. The molecule has 0 aliphatic carbocycles. The van der Waals surface area contributed by atoms with E-state index in [1.54, 1.807) is 4.90 Å². The molecule has 0 spiro atoms. The quantitative estimate of drug-likeness (QED) is 0.448. The Morgan fingerprint density at radius 3 is 2.33 bits per heavy atom. The first kappa shape index (κ1) is 23.2. The van der Waals surface area contributed by atoms with Crippen LogP contribution in [0.15, 0.2) is 54.7 Å². The van der Waals surface area contributed by atoms with Crippen molar-refractivity contribution in [1.82, 2.24) is 14.4 Å². The zero-order valence-corrected chi connectivity index (χ0v) is 18.1. The third-order valence-electron chi connectivity index (χ3n) is 6.24. The van der Waals surface area contributed by atoms with Crippen molar-refractivity contribution in [3.05, 3.63) is 76.0 Å². The predicted molar refractivity (Wildman–Crippen MR) is 118 cm³/mol. The second-order valence-electron chi connectivity index (χ2n) is 8.55. The van der Waals surface area contributed by atoms with Crippen LogP contribution in [0.3, 0.4) is 0 Å². The number of nitro groups is 1. The first-order chi connectivity index (χ1) is 15.6. The SMILES string of the molecule is CN1CCN(CC(O)(c2cn(Cc3ccccc3)c3cc([N+](=O)[O-])ccc23)C(F)(F)F)CC1. The number of alkyl halides is 3. The third kappa shape index (κ3) is 4.59. The summed E-state index contributed by atoms with van der Waals surface area (Å²) in [5.74, 6) is 0. The van der Waals surface area contributed by atoms with E-state index in [0.29, 0.717) is 26.2 Å². The Bertz CT molecular complexity index is 1140. The van der Waals surface area contributed by atoms with Crippen LogP contribution < -0.4 is 0 Å². The van der Waals surface area contributed by atoms with E-state index < -0.39 is 23.2 Å². The summed E-state index contributed by atoms with van der Waals surface area (Å²) in [4.78, 5) is 14.4. The number of β-amino-alcohol motifs (C(OH)–C–C–N with tert-alkyl or cyclic N) is 1. The molecule has 2 aromatic carbocycles. The van der Waals surface area contributed by atoms with Crippen LogP contribution in [0.2, 0.25) is 0 Å². The molecular formula is C23H25F3N4O3. The van der Waals surface area contributed by atoms with E-state index >= 15 is 0 Å². The zero-order valence-electron chi connectivity index (χ0n) is 18.1. The Morgan fingerprint density at radius 1 is 1.06 bits per heavy atom. The predicted octanol–water partition coefficient (Wildman–Crippen LogP) is 3.60. The molecule has 0 radical (unpaired) electrons. The van der Waals surface area contributed by atoms with Crippen LogP contribution in [-0.2, 0) is 12.1 Å². The molecule has 1 aliphatic heterocycles. The van der Waals surface area contributed by atoms with Crippen LogP contribution in [0, 0.1) is 10.1 Å². The molecule has 1 unspecified atom stereocenters. The van der Waals surface area contributed by atoms with E-state index in [4.69, 9.17) is 0 Å². The highest BCUT2D eigenvalue weighted by atomic mass is 19.4. The third-order valence-corrected chi connectivity index (χ3v) is 6.24. The number of fused-ring (bicyclic) bond motifs is 1. The molecule has 1 saturated heterocycles. The summed E-state index contributed by atoms with van der Waals surface area (Å²) in [7, 11) is 1.90. The second kappa shape index (κ2) is 8.77. The summed E-state index contributed by atoms with van der Waals surface area (Å²) >= 11 is 0. The fraction of sp³-hybridized carbons (Fsp3) is 0.391. The number of rotatable bonds is 6. The van der Waals surface area contributed by atoms with Gasteiger partial charge in [-0.25, -0.2) is 0 Å². The number of hydrogen-bond donors (Lipinski definition) is 1. The van der Waals surface area contributed by atoms with Crippen molar-refractivity contribution in [3.63, 3.8) is 0 Å². The summed E-state index contributed by atoms with van der Waals surface area (Å²) in [5, 5.41) is 22.6. The molecule has 3 aromatic rings.